The quantitative estimate of drug-likeness (QED) is 0.804. The molecule has 1 aromatic rings. The molecule has 6 heteroatoms. The number of hydrogen-bond acceptors (Lipinski definition) is 5. The summed E-state index contributed by atoms with van der Waals surface area (Å²) in [5.41, 5.74) is 0. The van der Waals surface area contributed by atoms with Crippen LogP contribution in [0, 0.1) is 0 Å². The maximum absolute atomic E-state index is 11.6. The highest BCUT2D eigenvalue weighted by Gasteiger charge is 2.28. The second kappa shape index (κ2) is 3.64. The van der Waals surface area contributed by atoms with E-state index in [-0.39, 0.29) is 21.6 Å². The van der Waals surface area contributed by atoms with Crippen LogP contribution < -0.4 is 4.74 Å². The molecule has 0 aliphatic carbocycles. The topological polar surface area (TPSA) is 76.0 Å². The van der Waals surface area contributed by atoms with Crippen LogP contribution >= 0.6 is 0 Å². The molecule has 84 valence electrons. The smallest absolute Gasteiger partial charge is 0.320 e. The lowest BCUT2D eigenvalue weighted by Gasteiger charge is -2.05. The van der Waals surface area contributed by atoms with Crippen molar-refractivity contribution in [3.8, 4) is 11.5 Å². The third-order valence-electron chi connectivity index (χ3n) is 2.03. The molecule has 0 spiro atoms. The number of aliphatic imine (C=N–C) groups is 1. The second-order valence-corrected chi connectivity index (χ2v) is 5.24. The van der Waals surface area contributed by atoms with Crippen LogP contribution in [-0.4, -0.2) is 18.8 Å². The summed E-state index contributed by atoms with van der Waals surface area (Å²) in [7, 11) is -3.57. The first-order valence-corrected chi connectivity index (χ1v) is 5.95. The van der Waals surface area contributed by atoms with E-state index in [4.69, 9.17) is 4.74 Å². The second-order valence-electron chi connectivity index (χ2n) is 3.24. The highest BCUT2D eigenvalue weighted by atomic mass is 32.2. The number of phenolic OH excluding ortho intramolecular Hbond substituents is 1. The first kappa shape index (κ1) is 10.7. The molecule has 1 aromatic carbocycles. The standard InChI is InChI=1S/C10H9NO4S/c1-7-6-11-10(16(7,13)14)15-9-4-2-3-8(12)5-9/h2-6,12H,1H3. The van der Waals surface area contributed by atoms with Crippen molar-refractivity contribution in [3.05, 3.63) is 35.4 Å². The number of hydrogen-bond donors (Lipinski definition) is 1. The van der Waals surface area contributed by atoms with Crippen LogP contribution in [0.25, 0.3) is 0 Å². The fourth-order valence-electron chi connectivity index (χ4n) is 1.15. The minimum atomic E-state index is -3.57. The van der Waals surface area contributed by atoms with E-state index in [9.17, 15) is 13.5 Å². The monoisotopic (exact) mass is 239 g/mol. The first-order chi connectivity index (χ1) is 7.50. The summed E-state index contributed by atoms with van der Waals surface area (Å²) in [6.07, 6.45) is 1.23. The summed E-state index contributed by atoms with van der Waals surface area (Å²) < 4.78 is 28.3. The Labute approximate surface area is 92.6 Å². The summed E-state index contributed by atoms with van der Waals surface area (Å²) in [5.74, 6) is 0.226. The van der Waals surface area contributed by atoms with Gasteiger partial charge < -0.3 is 9.84 Å². The van der Waals surface area contributed by atoms with E-state index in [1.54, 1.807) is 6.07 Å². The fraction of sp³-hybridized carbons (Fsp3) is 0.100. The van der Waals surface area contributed by atoms with Crippen molar-refractivity contribution in [2.45, 2.75) is 6.92 Å². The van der Waals surface area contributed by atoms with Crippen molar-refractivity contribution in [3.63, 3.8) is 0 Å². The van der Waals surface area contributed by atoms with Gasteiger partial charge in [-0.3, -0.25) is 0 Å². The number of phenols is 1. The van der Waals surface area contributed by atoms with Crippen LogP contribution in [0.1, 0.15) is 6.92 Å². The van der Waals surface area contributed by atoms with Crippen molar-refractivity contribution >= 4 is 15.1 Å². The zero-order valence-electron chi connectivity index (χ0n) is 8.41. The largest absolute Gasteiger partial charge is 0.508 e. The van der Waals surface area contributed by atoms with E-state index in [1.807, 2.05) is 0 Å². The van der Waals surface area contributed by atoms with E-state index in [2.05, 4.69) is 4.99 Å². The lowest BCUT2D eigenvalue weighted by molar-refractivity contribution is 0.469. The highest BCUT2D eigenvalue weighted by Crippen LogP contribution is 2.22. The number of allylic oxidation sites excluding steroid dienone is 1. The maximum Gasteiger partial charge on any atom is 0.320 e. The Balaban J connectivity index is 2.26. The molecule has 1 N–H and O–H groups in total. The molecule has 0 saturated heterocycles. The van der Waals surface area contributed by atoms with Crippen LogP contribution in [0.3, 0.4) is 0 Å². The fourth-order valence-corrected chi connectivity index (χ4v) is 2.01. The van der Waals surface area contributed by atoms with Gasteiger partial charge in [-0.2, -0.15) is 0 Å². The molecule has 1 aliphatic heterocycles. The maximum atomic E-state index is 11.6. The molecule has 16 heavy (non-hydrogen) atoms. The van der Waals surface area contributed by atoms with Gasteiger partial charge in [-0.05, 0) is 19.1 Å². The molecule has 0 saturated carbocycles. The minimum Gasteiger partial charge on any atom is -0.508 e. The van der Waals surface area contributed by atoms with Crippen molar-refractivity contribution in [2.24, 2.45) is 4.99 Å². The van der Waals surface area contributed by atoms with E-state index in [1.165, 1.54) is 31.3 Å². The molecule has 1 heterocycles. The first-order valence-electron chi connectivity index (χ1n) is 4.47. The molecule has 0 fully saturated rings. The number of benzene rings is 1. The Hall–Kier alpha value is -1.82. The average molecular weight is 239 g/mol. The number of aromatic hydroxyl groups is 1. The molecule has 0 bridgehead atoms. The molecule has 1 aliphatic rings. The third-order valence-corrected chi connectivity index (χ3v) is 3.63. The molecule has 5 nitrogen and oxygen atoms in total. The van der Waals surface area contributed by atoms with Crippen LogP contribution in [0.2, 0.25) is 0 Å². The van der Waals surface area contributed by atoms with E-state index < -0.39 is 9.84 Å². The zero-order chi connectivity index (χ0) is 11.8. The van der Waals surface area contributed by atoms with Gasteiger partial charge in [0.25, 0.3) is 9.84 Å². The summed E-state index contributed by atoms with van der Waals surface area (Å²) >= 11 is 0. The Morgan fingerprint density at radius 1 is 1.38 bits per heavy atom. The van der Waals surface area contributed by atoms with Crippen molar-refractivity contribution in [1.82, 2.24) is 0 Å². The van der Waals surface area contributed by atoms with Gasteiger partial charge in [0.2, 0.25) is 0 Å². The Morgan fingerprint density at radius 2 is 2.12 bits per heavy atom. The molecule has 2 rings (SSSR count). The number of ether oxygens (including phenoxy) is 1. The van der Waals surface area contributed by atoms with Crippen molar-refractivity contribution in [2.75, 3.05) is 0 Å². The molecule has 0 aromatic heterocycles. The Morgan fingerprint density at radius 3 is 2.69 bits per heavy atom. The molecule has 0 unspecified atom stereocenters. The van der Waals surface area contributed by atoms with Gasteiger partial charge in [0.15, 0.2) is 0 Å². The third kappa shape index (κ3) is 1.79. The summed E-state index contributed by atoms with van der Waals surface area (Å²) in [6.45, 7) is 1.44. The van der Waals surface area contributed by atoms with E-state index in [0.29, 0.717) is 0 Å². The van der Waals surface area contributed by atoms with Gasteiger partial charge in [0.05, 0.1) is 4.91 Å². The number of sulfone groups is 1. The molecule has 0 atom stereocenters. The SMILES string of the molecule is CC1=CN=C(Oc2cccc(O)c2)S1(=O)=O. The normalized spacial score (nSPS) is 17.8. The van der Waals surface area contributed by atoms with Crippen LogP contribution in [-0.2, 0) is 9.84 Å². The van der Waals surface area contributed by atoms with Gasteiger partial charge >= 0.3 is 5.23 Å². The highest BCUT2D eigenvalue weighted by molar-refractivity contribution is 8.09. The van der Waals surface area contributed by atoms with Crippen LogP contribution in [0.5, 0.6) is 11.5 Å². The van der Waals surface area contributed by atoms with Crippen molar-refractivity contribution < 1.29 is 18.3 Å². The van der Waals surface area contributed by atoms with Crippen LogP contribution in [0.15, 0.2) is 40.4 Å². The van der Waals surface area contributed by atoms with Gasteiger partial charge in [-0.25, -0.2) is 13.4 Å². The average Bonchev–Trinajstić information content (AvgIpc) is 2.45. The van der Waals surface area contributed by atoms with Gasteiger partial charge in [-0.15, -0.1) is 0 Å². The molecular weight excluding hydrogens is 230 g/mol. The Kier molecular flexibility index (Phi) is 2.43. The summed E-state index contributed by atoms with van der Waals surface area (Å²) in [4.78, 5) is 3.80. The van der Waals surface area contributed by atoms with E-state index in [0.717, 1.165) is 0 Å². The predicted molar refractivity (Wildman–Crippen MR) is 58.8 cm³/mol. The molecule has 0 radical (unpaired) electrons. The molecule has 0 amide bonds. The summed E-state index contributed by atoms with van der Waals surface area (Å²) in [5, 5.41) is 8.82. The number of rotatable bonds is 1. The zero-order valence-corrected chi connectivity index (χ0v) is 9.23. The van der Waals surface area contributed by atoms with Crippen molar-refractivity contribution in [1.29, 1.82) is 0 Å². The van der Waals surface area contributed by atoms with Gasteiger partial charge in [0, 0.05) is 12.3 Å². The summed E-state index contributed by atoms with van der Waals surface area (Å²) in [6, 6.07) is 5.85. The van der Waals surface area contributed by atoms with Gasteiger partial charge in [0.1, 0.15) is 11.5 Å². The minimum absolute atomic E-state index is 0.00169. The predicted octanol–water partition coefficient (Wildman–Crippen LogP) is 1.42. The van der Waals surface area contributed by atoms with Crippen LogP contribution in [0.4, 0.5) is 0 Å². The molecular formula is C10H9NO4S. The lowest BCUT2D eigenvalue weighted by atomic mass is 10.3. The van der Waals surface area contributed by atoms with Gasteiger partial charge in [-0.1, -0.05) is 6.07 Å². The van der Waals surface area contributed by atoms with E-state index >= 15 is 0 Å². The lowest BCUT2D eigenvalue weighted by Crippen LogP contribution is -2.18. The Bertz CT molecular complexity index is 587. The number of nitrogens with zero attached hydrogens (tertiary/aromatic N) is 1.